The molecule has 1 aliphatic rings. The molecule has 1 atom stereocenters. The van der Waals surface area contributed by atoms with Crippen LogP contribution in [0.1, 0.15) is 28.7 Å². The van der Waals surface area contributed by atoms with Crippen molar-refractivity contribution in [3.63, 3.8) is 0 Å². The smallest absolute Gasteiger partial charge is 0.257 e. The summed E-state index contributed by atoms with van der Waals surface area (Å²) in [6.07, 6.45) is 6.60. The second-order valence-electron chi connectivity index (χ2n) is 8.53. The van der Waals surface area contributed by atoms with Crippen LogP contribution in [0.25, 0.3) is 11.3 Å². The van der Waals surface area contributed by atoms with Gasteiger partial charge in [0.2, 0.25) is 5.95 Å². The van der Waals surface area contributed by atoms with Crippen molar-refractivity contribution in [3.05, 3.63) is 72.1 Å². The van der Waals surface area contributed by atoms with Gasteiger partial charge in [0, 0.05) is 38.1 Å². The fraction of sp³-hybridized carbons (Fsp3) is 0.280. The molecule has 0 radical (unpaired) electrons. The Morgan fingerprint density at radius 2 is 1.86 bits per heavy atom. The maximum absolute atomic E-state index is 12.7. The summed E-state index contributed by atoms with van der Waals surface area (Å²) in [5.74, 6) is 2.03. The maximum Gasteiger partial charge on any atom is 0.257 e. The van der Waals surface area contributed by atoms with Gasteiger partial charge >= 0.3 is 0 Å². The number of pyridine rings is 2. The number of nitrogens with zero attached hydrogens (tertiary/aromatic N) is 7. The molecule has 1 amide bonds. The number of rotatable bonds is 5. The molecule has 0 aromatic carbocycles. The summed E-state index contributed by atoms with van der Waals surface area (Å²) in [6, 6.07) is 9.67. The first-order valence-electron chi connectivity index (χ1n) is 11.4. The van der Waals surface area contributed by atoms with Crippen LogP contribution >= 0.6 is 0 Å². The molecule has 1 fully saturated rings. The number of anilines is 3. The molecule has 5 rings (SSSR count). The zero-order valence-corrected chi connectivity index (χ0v) is 19.8. The number of amides is 1. The van der Waals surface area contributed by atoms with Gasteiger partial charge in [0.1, 0.15) is 11.6 Å². The highest BCUT2D eigenvalue weighted by Gasteiger charge is 2.26. The van der Waals surface area contributed by atoms with Gasteiger partial charge in [0.25, 0.3) is 5.91 Å². The third-order valence-corrected chi connectivity index (χ3v) is 6.07. The number of carbonyl (C=O) groups excluding carboxylic acids is 1. The van der Waals surface area contributed by atoms with E-state index in [0.29, 0.717) is 28.7 Å². The van der Waals surface area contributed by atoms with Crippen LogP contribution in [0.15, 0.2) is 59.6 Å². The van der Waals surface area contributed by atoms with Gasteiger partial charge in [-0.15, -0.1) is 0 Å². The highest BCUT2D eigenvalue weighted by atomic mass is 16.5. The molecule has 35 heavy (non-hydrogen) atoms. The van der Waals surface area contributed by atoms with Gasteiger partial charge in [-0.3, -0.25) is 9.78 Å². The van der Waals surface area contributed by atoms with E-state index in [4.69, 9.17) is 4.52 Å². The predicted octanol–water partition coefficient (Wildman–Crippen LogP) is 3.51. The normalized spacial score (nSPS) is 15.8. The highest BCUT2D eigenvalue weighted by molar-refractivity contribution is 6.04. The lowest BCUT2D eigenvalue weighted by Crippen LogP contribution is -2.53. The highest BCUT2D eigenvalue weighted by Crippen LogP contribution is 2.25. The van der Waals surface area contributed by atoms with E-state index in [0.717, 1.165) is 36.7 Å². The van der Waals surface area contributed by atoms with Crippen LogP contribution < -0.4 is 15.1 Å². The van der Waals surface area contributed by atoms with Crippen molar-refractivity contribution < 1.29 is 9.32 Å². The topological polar surface area (TPSA) is 113 Å². The summed E-state index contributed by atoms with van der Waals surface area (Å²) in [5, 5.41) is 6.79. The van der Waals surface area contributed by atoms with Crippen LogP contribution in [0.4, 0.5) is 17.5 Å². The molecule has 0 spiro atoms. The van der Waals surface area contributed by atoms with E-state index in [9.17, 15) is 4.79 Å². The lowest BCUT2D eigenvalue weighted by atomic mass is 10.1. The van der Waals surface area contributed by atoms with Gasteiger partial charge in [0.05, 0.1) is 40.6 Å². The van der Waals surface area contributed by atoms with Crippen LogP contribution in [0.3, 0.4) is 0 Å². The fourth-order valence-corrected chi connectivity index (χ4v) is 4.27. The number of piperazine rings is 1. The van der Waals surface area contributed by atoms with E-state index in [2.05, 4.69) is 47.1 Å². The number of carbonyl (C=O) groups is 1. The standard InChI is InChI=1S/C25H26N8O2/c1-16-15-32(22-6-4-5-9-26-22)10-11-33(16)25-28-13-20(14-29-25)30-24(34)19-7-8-21(27-12-19)23-17(2)31-35-18(23)3/h4-9,12-14,16H,10-11,15H2,1-3H3,(H,30,34)/t16-/m0/s1. The quantitative estimate of drug-likeness (QED) is 0.468. The average molecular weight is 471 g/mol. The number of hydrogen-bond donors (Lipinski definition) is 1. The molecule has 0 bridgehead atoms. The molecule has 10 heteroatoms. The minimum absolute atomic E-state index is 0.216. The number of hydrogen-bond acceptors (Lipinski definition) is 9. The molecule has 5 heterocycles. The molecule has 1 N–H and O–H groups in total. The minimum Gasteiger partial charge on any atom is -0.361 e. The Labute approximate surface area is 203 Å². The van der Waals surface area contributed by atoms with E-state index in [1.165, 1.54) is 6.20 Å². The second-order valence-corrected chi connectivity index (χ2v) is 8.53. The van der Waals surface area contributed by atoms with Gasteiger partial charge in [-0.05, 0) is 45.0 Å². The summed E-state index contributed by atoms with van der Waals surface area (Å²) >= 11 is 0. The van der Waals surface area contributed by atoms with Crippen LogP contribution in [0.5, 0.6) is 0 Å². The SMILES string of the molecule is Cc1noc(C)c1-c1ccc(C(=O)Nc2cnc(N3CCN(c4ccccn4)C[C@@H]3C)nc2)cn1. The Morgan fingerprint density at radius 1 is 1.03 bits per heavy atom. The Balaban J connectivity index is 1.21. The van der Waals surface area contributed by atoms with Gasteiger partial charge in [-0.25, -0.2) is 15.0 Å². The largest absolute Gasteiger partial charge is 0.361 e. The van der Waals surface area contributed by atoms with Crippen molar-refractivity contribution in [1.29, 1.82) is 0 Å². The van der Waals surface area contributed by atoms with E-state index in [1.807, 2.05) is 38.2 Å². The van der Waals surface area contributed by atoms with Crippen molar-refractivity contribution in [2.24, 2.45) is 0 Å². The average Bonchev–Trinajstić information content (AvgIpc) is 3.23. The Morgan fingerprint density at radius 3 is 2.49 bits per heavy atom. The van der Waals surface area contributed by atoms with E-state index in [-0.39, 0.29) is 11.9 Å². The molecule has 4 aromatic heterocycles. The van der Waals surface area contributed by atoms with Crippen molar-refractivity contribution in [3.8, 4) is 11.3 Å². The van der Waals surface area contributed by atoms with Crippen LogP contribution in [0, 0.1) is 13.8 Å². The molecule has 10 nitrogen and oxygen atoms in total. The lowest BCUT2D eigenvalue weighted by Gasteiger charge is -2.40. The molecule has 0 unspecified atom stereocenters. The molecular weight excluding hydrogens is 444 g/mol. The van der Waals surface area contributed by atoms with Gasteiger partial charge in [-0.1, -0.05) is 11.2 Å². The minimum atomic E-state index is -0.281. The molecule has 4 aromatic rings. The molecule has 1 aliphatic heterocycles. The second kappa shape index (κ2) is 9.49. The van der Waals surface area contributed by atoms with Crippen LogP contribution in [-0.4, -0.2) is 56.7 Å². The number of aryl methyl sites for hydroxylation is 2. The number of aromatic nitrogens is 5. The zero-order valence-electron chi connectivity index (χ0n) is 19.8. The Kier molecular flexibility index (Phi) is 6.09. The van der Waals surface area contributed by atoms with Gasteiger partial charge in [0.15, 0.2) is 0 Å². The summed E-state index contributed by atoms with van der Waals surface area (Å²) in [5.41, 5.74) is 3.27. The third kappa shape index (κ3) is 4.68. The first-order chi connectivity index (χ1) is 17.0. The summed E-state index contributed by atoms with van der Waals surface area (Å²) < 4.78 is 5.20. The molecule has 1 saturated heterocycles. The Hall–Kier alpha value is -4.34. The van der Waals surface area contributed by atoms with Crippen LogP contribution in [-0.2, 0) is 0 Å². The first-order valence-corrected chi connectivity index (χ1v) is 11.4. The molecule has 0 aliphatic carbocycles. The van der Waals surface area contributed by atoms with Crippen LogP contribution in [0.2, 0.25) is 0 Å². The Bertz CT molecular complexity index is 1290. The molecular formula is C25H26N8O2. The van der Waals surface area contributed by atoms with Gasteiger partial charge < -0.3 is 19.6 Å². The summed E-state index contributed by atoms with van der Waals surface area (Å²) in [7, 11) is 0. The van der Waals surface area contributed by atoms with E-state index >= 15 is 0 Å². The van der Waals surface area contributed by atoms with Crippen molar-refractivity contribution in [1.82, 2.24) is 25.1 Å². The summed E-state index contributed by atoms with van der Waals surface area (Å²) in [4.78, 5) is 35.0. The van der Waals surface area contributed by atoms with Crippen molar-refractivity contribution >= 4 is 23.4 Å². The molecule has 0 saturated carbocycles. The maximum atomic E-state index is 12.7. The fourth-order valence-electron chi connectivity index (χ4n) is 4.27. The zero-order chi connectivity index (χ0) is 24.4. The van der Waals surface area contributed by atoms with E-state index < -0.39 is 0 Å². The number of nitrogens with one attached hydrogen (secondary N) is 1. The monoisotopic (exact) mass is 470 g/mol. The van der Waals surface area contributed by atoms with Gasteiger partial charge in [-0.2, -0.15) is 0 Å². The van der Waals surface area contributed by atoms with E-state index in [1.54, 1.807) is 24.5 Å². The lowest BCUT2D eigenvalue weighted by molar-refractivity contribution is 0.102. The summed E-state index contributed by atoms with van der Waals surface area (Å²) in [6.45, 7) is 8.29. The molecule has 178 valence electrons. The van der Waals surface area contributed by atoms with Crippen molar-refractivity contribution in [2.75, 3.05) is 34.8 Å². The van der Waals surface area contributed by atoms with Crippen molar-refractivity contribution in [2.45, 2.75) is 26.8 Å². The predicted molar refractivity (Wildman–Crippen MR) is 132 cm³/mol. The third-order valence-electron chi connectivity index (χ3n) is 6.07. The first kappa shape index (κ1) is 22.5.